The Labute approximate surface area is 133 Å². The number of sulfonamides is 1. The topological polar surface area (TPSA) is 78.5 Å². The number of carbonyl (C=O) groups excluding carboxylic acids is 1. The van der Waals surface area contributed by atoms with Gasteiger partial charge in [0.05, 0.1) is 4.90 Å². The van der Waals surface area contributed by atoms with Crippen LogP contribution in [0.5, 0.6) is 0 Å². The number of hydrogen-bond acceptors (Lipinski definition) is 4. The monoisotopic (exact) mass is 347 g/mol. The fourth-order valence-corrected chi connectivity index (χ4v) is 3.42. The minimum atomic E-state index is -3.98. The molecular weight excluding hydrogens is 328 g/mol. The molecule has 1 fully saturated rings. The van der Waals surface area contributed by atoms with Gasteiger partial charge in [-0.2, -0.15) is 0 Å². The molecule has 128 valence electrons. The number of halogens is 2. The zero-order valence-electron chi connectivity index (χ0n) is 12.7. The van der Waals surface area contributed by atoms with Crippen LogP contribution in [0.1, 0.15) is 13.3 Å². The highest BCUT2D eigenvalue weighted by atomic mass is 32.2. The third-order valence-corrected chi connectivity index (χ3v) is 5.11. The van der Waals surface area contributed by atoms with Crippen molar-refractivity contribution >= 4 is 15.9 Å². The van der Waals surface area contributed by atoms with Crippen LogP contribution in [0.2, 0.25) is 0 Å². The van der Waals surface area contributed by atoms with Crippen molar-refractivity contribution in [3.63, 3.8) is 0 Å². The number of rotatable bonds is 5. The van der Waals surface area contributed by atoms with Gasteiger partial charge in [-0.05, 0) is 25.1 Å². The highest BCUT2D eigenvalue weighted by molar-refractivity contribution is 7.89. The molecule has 1 amide bonds. The minimum Gasteiger partial charge on any atom is -0.337 e. The molecule has 0 bridgehead atoms. The second-order valence-electron chi connectivity index (χ2n) is 5.36. The van der Waals surface area contributed by atoms with Gasteiger partial charge in [0.2, 0.25) is 15.9 Å². The Morgan fingerprint density at radius 3 is 2.78 bits per heavy atom. The van der Waals surface area contributed by atoms with Gasteiger partial charge in [0.25, 0.3) is 0 Å². The summed E-state index contributed by atoms with van der Waals surface area (Å²) < 4.78 is 52.1. The summed E-state index contributed by atoms with van der Waals surface area (Å²) in [7, 11) is -3.98. The van der Waals surface area contributed by atoms with Crippen LogP contribution in [0.3, 0.4) is 0 Å². The predicted molar refractivity (Wildman–Crippen MR) is 80.2 cm³/mol. The van der Waals surface area contributed by atoms with Gasteiger partial charge in [0.15, 0.2) is 11.6 Å². The van der Waals surface area contributed by atoms with Gasteiger partial charge in [0, 0.05) is 38.6 Å². The SMILES string of the molecule is C[C@H]1CNCCN1C(=O)CCNS(=O)(=O)c1ccc(F)c(F)c1. The summed E-state index contributed by atoms with van der Waals surface area (Å²) in [6.07, 6.45) is 0.00719. The average molecular weight is 347 g/mol. The smallest absolute Gasteiger partial charge is 0.240 e. The normalized spacial score (nSPS) is 18.9. The summed E-state index contributed by atoms with van der Waals surface area (Å²) in [5, 5.41) is 3.16. The first-order valence-corrected chi connectivity index (χ1v) is 8.74. The molecule has 9 heteroatoms. The number of piperazine rings is 1. The first-order chi connectivity index (χ1) is 10.8. The Kier molecular flexibility index (Phi) is 5.66. The van der Waals surface area contributed by atoms with Crippen molar-refractivity contribution < 1.29 is 22.0 Å². The van der Waals surface area contributed by atoms with Crippen molar-refractivity contribution in [2.24, 2.45) is 0 Å². The van der Waals surface area contributed by atoms with E-state index >= 15 is 0 Å². The maximum absolute atomic E-state index is 13.1. The maximum Gasteiger partial charge on any atom is 0.240 e. The Morgan fingerprint density at radius 2 is 2.13 bits per heavy atom. The lowest BCUT2D eigenvalue weighted by atomic mass is 10.2. The molecule has 0 aliphatic carbocycles. The van der Waals surface area contributed by atoms with Gasteiger partial charge in [-0.1, -0.05) is 0 Å². The van der Waals surface area contributed by atoms with Crippen LogP contribution >= 0.6 is 0 Å². The van der Waals surface area contributed by atoms with Crippen LogP contribution in [0.4, 0.5) is 8.78 Å². The first-order valence-electron chi connectivity index (χ1n) is 7.26. The van der Waals surface area contributed by atoms with Gasteiger partial charge < -0.3 is 10.2 Å². The highest BCUT2D eigenvalue weighted by Crippen LogP contribution is 2.13. The van der Waals surface area contributed by atoms with E-state index in [0.29, 0.717) is 25.7 Å². The molecule has 0 aromatic heterocycles. The van der Waals surface area contributed by atoms with E-state index in [1.165, 1.54) is 0 Å². The molecule has 1 aromatic rings. The molecule has 1 atom stereocenters. The quantitative estimate of drug-likeness (QED) is 0.811. The summed E-state index contributed by atoms with van der Waals surface area (Å²) in [4.78, 5) is 13.4. The Morgan fingerprint density at radius 1 is 1.39 bits per heavy atom. The summed E-state index contributed by atoms with van der Waals surface area (Å²) >= 11 is 0. The van der Waals surface area contributed by atoms with Crippen LogP contribution in [0.15, 0.2) is 23.1 Å². The standard InChI is InChI=1S/C14H19F2N3O3S/c1-10-9-17-6-7-19(10)14(20)4-5-18-23(21,22)11-2-3-12(15)13(16)8-11/h2-3,8,10,17-18H,4-7,9H2,1H3/t10-/m0/s1. The number of carbonyl (C=O) groups is 1. The average Bonchev–Trinajstić information content (AvgIpc) is 2.50. The van der Waals surface area contributed by atoms with Crippen molar-refractivity contribution in [3.05, 3.63) is 29.8 Å². The maximum atomic E-state index is 13.1. The molecule has 23 heavy (non-hydrogen) atoms. The molecule has 1 aromatic carbocycles. The van der Waals surface area contributed by atoms with Gasteiger partial charge in [-0.15, -0.1) is 0 Å². The van der Waals surface area contributed by atoms with E-state index in [4.69, 9.17) is 0 Å². The summed E-state index contributed by atoms with van der Waals surface area (Å²) in [5.74, 6) is -2.50. The largest absolute Gasteiger partial charge is 0.337 e. The summed E-state index contributed by atoms with van der Waals surface area (Å²) in [6.45, 7) is 3.80. The van der Waals surface area contributed by atoms with Crippen molar-refractivity contribution in [1.29, 1.82) is 0 Å². The number of hydrogen-bond donors (Lipinski definition) is 2. The lowest BCUT2D eigenvalue weighted by Gasteiger charge is -2.34. The van der Waals surface area contributed by atoms with Crippen LogP contribution in [-0.2, 0) is 14.8 Å². The van der Waals surface area contributed by atoms with Crippen LogP contribution in [0, 0.1) is 11.6 Å². The molecular formula is C14H19F2N3O3S. The number of nitrogens with zero attached hydrogens (tertiary/aromatic N) is 1. The molecule has 2 N–H and O–H groups in total. The molecule has 1 aliphatic heterocycles. The fourth-order valence-electron chi connectivity index (χ4n) is 2.37. The van der Waals surface area contributed by atoms with E-state index < -0.39 is 21.7 Å². The van der Waals surface area contributed by atoms with Crippen molar-refractivity contribution in [2.75, 3.05) is 26.2 Å². The molecule has 0 saturated carbocycles. The molecule has 1 aliphatic rings. The van der Waals surface area contributed by atoms with E-state index in [1.807, 2.05) is 6.92 Å². The highest BCUT2D eigenvalue weighted by Gasteiger charge is 2.23. The zero-order valence-corrected chi connectivity index (χ0v) is 13.5. The second kappa shape index (κ2) is 7.33. The lowest BCUT2D eigenvalue weighted by Crippen LogP contribution is -2.52. The van der Waals surface area contributed by atoms with Gasteiger partial charge in [-0.3, -0.25) is 4.79 Å². The van der Waals surface area contributed by atoms with Gasteiger partial charge >= 0.3 is 0 Å². The molecule has 1 saturated heterocycles. The van der Waals surface area contributed by atoms with Gasteiger partial charge in [-0.25, -0.2) is 21.9 Å². The Hall–Kier alpha value is -1.58. The number of benzene rings is 1. The molecule has 1 heterocycles. The predicted octanol–water partition coefficient (Wildman–Crippen LogP) is 0.453. The van der Waals surface area contributed by atoms with Crippen molar-refractivity contribution in [1.82, 2.24) is 14.9 Å². The molecule has 0 radical (unpaired) electrons. The van der Waals surface area contributed by atoms with E-state index in [9.17, 15) is 22.0 Å². The number of amides is 1. The molecule has 2 rings (SSSR count). The Bertz CT molecular complexity index is 682. The van der Waals surface area contributed by atoms with E-state index in [2.05, 4.69) is 10.0 Å². The molecule has 0 unspecified atom stereocenters. The fraction of sp³-hybridized carbons (Fsp3) is 0.500. The molecule has 0 spiro atoms. The zero-order chi connectivity index (χ0) is 17.0. The third-order valence-electron chi connectivity index (χ3n) is 3.65. The summed E-state index contributed by atoms with van der Waals surface area (Å²) in [6, 6.07) is 2.38. The van der Waals surface area contributed by atoms with Gasteiger partial charge in [0.1, 0.15) is 0 Å². The van der Waals surface area contributed by atoms with E-state index in [-0.39, 0.29) is 29.8 Å². The van der Waals surface area contributed by atoms with Crippen LogP contribution < -0.4 is 10.0 Å². The van der Waals surface area contributed by atoms with E-state index in [0.717, 1.165) is 12.1 Å². The van der Waals surface area contributed by atoms with E-state index in [1.54, 1.807) is 4.90 Å². The lowest BCUT2D eigenvalue weighted by molar-refractivity contribution is -0.133. The second-order valence-corrected chi connectivity index (χ2v) is 7.13. The van der Waals surface area contributed by atoms with Crippen LogP contribution in [0.25, 0.3) is 0 Å². The summed E-state index contributed by atoms with van der Waals surface area (Å²) in [5.41, 5.74) is 0. The Balaban J connectivity index is 1.91. The van der Waals surface area contributed by atoms with Crippen LogP contribution in [-0.4, -0.2) is 51.4 Å². The minimum absolute atomic E-state index is 0.00719. The number of nitrogens with one attached hydrogen (secondary N) is 2. The van der Waals surface area contributed by atoms with Crippen molar-refractivity contribution in [2.45, 2.75) is 24.3 Å². The third kappa shape index (κ3) is 4.46. The van der Waals surface area contributed by atoms with Crippen molar-refractivity contribution in [3.8, 4) is 0 Å². The molecule has 6 nitrogen and oxygen atoms in total. The first kappa shape index (κ1) is 17.8.